The summed E-state index contributed by atoms with van der Waals surface area (Å²) in [6.07, 6.45) is 2.67. The van der Waals surface area contributed by atoms with Gasteiger partial charge in [0, 0.05) is 24.9 Å². The second-order valence-electron chi connectivity index (χ2n) is 8.09. The molecule has 0 bridgehead atoms. The predicted octanol–water partition coefficient (Wildman–Crippen LogP) is 4.03. The molecule has 0 saturated heterocycles. The fraction of sp³-hybridized carbons (Fsp3) is 0.500. The van der Waals surface area contributed by atoms with Gasteiger partial charge in [-0.25, -0.2) is 0 Å². The zero-order chi connectivity index (χ0) is 21.9. The molecule has 1 unspecified atom stereocenters. The molecule has 162 valence electrons. The van der Waals surface area contributed by atoms with Crippen LogP contribution in [0.2, 0.25) is 0 Å². The number of rotatable bonds is 8. The summed E-state index contributed by atoms with van der Waals surface area (Å²) in [6.45, 7) is 11.2. The molecule has 30 heavy (non-hydrogen) atoms. The molecule has 1 aliphatic rings. The lowest BCUT2D eigenvalue weighted by molar-refractivity contribution is -0.117. The molecule has 1 aromatic carbocycles. The predicted molar refractivity (Wildman–Crippen MR) is 119 cm³/mol. The van der Waals surface area contributed by atoms with Crippen molar-refractivity contribution in [3.63, 3.8) is 0 Å². The molecule has 2 heterocycles. The van der Waals surface area contributed by atoms with E-state index in [-0.39, 0.29) is 17.2 Å². The van der Waals surface area contributed by atoms with Crippen molar-refractivity contribution >= 4 is 23.4 Å². The minimum absolute atomic E-state index is 0.0461. The van der Waals surface area contributed by atoms with Gasteiger partial charge >= 0.3 is 0 Å². The maximum Gasteiger partial charge on any atom is 0.237 e. The molecule has 0 saturated carbocycles. The summed E-state index contributed by atoms with van der Waals surface area (Å²) in [5.41, 5.74) is 1.82. The van der Waals surface area contributed by atoms with Crippen LogP contribution >= 0.6 is 11.8 Å². The van der Waals surface area contributed by atoms with Gasteiger partial charge in [-0.2, -0.15) is 0 Å². The molecule has 0 aliphatic carbocycles. The second kappa shape index (κ2) is 9.22. The summed E-state index contributed by atoms with van der Waals surface area (Å²) >= 11 is 1.39. The van der Waals surface area contributed by atoms with Crippen LogP contribution in [0.4, 0.5) is 5.69 Å². The highest BCUT2D eigenvalue weighted by molar-refractivity contribution is 7.99. The average Bonchev–Trinajstić information content (AvgIpc) is 3.07. The number of aromatic nitrogens is 3. The van der Waals surface area contributed by atoms with Crippen LogP contribution in [0, 0.1) is 0 Å². The minimum atomic E-state index is -0.283. The van der Waals surface area contributed by atoms with Crippen molar-refractivity contribution in [2.75, 3.05) is 24.9 Å². The molecule has 8 heteroatoms. The third-order valence-corrected chi connectivity index (χ3v) is 6.32. The van der Waals surface area contributed by atoms with E-state index in [9.17, 15) is 4.79 Å². The number of nitrogens with zero attached hydrogens (tertiary/aromatic N) is 4. The number of anilines is 1. The first kappa shape index (κ1) is 22.4. The topological polar surface area (TPSA) is 69.5 Å². The van der Waals surface area contributed by atoms with Crippen molar-refractivity contribution in [1.82, 2.24) is 14.8 Å². The van der Waals surface area contributed by atoms with Crippen LogP contribution in [-0.4, -0.2) is 46.2 Å². The van der Waals surface area contributed by atoms with Crippen molar-refractivity contribution in [3.8, 4) is 5.75 Å². The maximum atomic E-state index is 13.4. The highest BCUT2D eigenvalue weighted by Gasteiger charge is 2.40. The van der Waals surface area contributed by atoms with E-state index in [2.05, 4.69) is 37.5 Å². The highest BCUT2D eigenvalue weighted by atomic mass is 32.2. The lowest BCUT2D eigenvalue weighted by atomic mass is 9.80. The van der Waals surface area contributed by atoms with Crippen LogP contribution in [0.15, 0.2) is 36.0 Å². The number of amides is 1. The van der Waals surface area contributed by atoms with Crippen LogP contribution in [-0.2, 0) is 22.7 Å². The maximum absolute atomic E-state index is 13.4. The van der Waals surface area contributed by atoms with Gasteiger partial charge in [0.15, 0.2) is 11.0 Å². The van der Waals surface area contributed by atoms with Crippen LogP contribution in [0.1, 0.15) is 44.5 Å². The Morgan fingerprint density at radius 2 is 2.13 bits per heavy atom. The number of carbonyl (C=O) groups excluding carboxylic acids is 1. The fourth-order valence-electron chi connectivity index (χ4n) is 4.17. The third kappa shape index (κ3) is 4.39. The van der Waals surface area contributed by atoms with Gasteiger partial charge in [0.05, 0.1) is 12.9 Å². The monoisotopic (exact) mass is 430 g/mol. The molecule has 1 amide bonds. The number of thioether (sulfide) groups is 1. The molecular weight excluding hydrogens is 400 g/mol. The number of carbonyl (C=O) groups is 1. The van der Waals surface area contributed by atoms with Crippen molar-refractivity contribution in [2.45, 2.75) is 57.0 Å². The molecule has 3 rings (SSSR count). The number of methoxy groups -OCH3 is 2. The highest BCUT2D eigenvalue weighted by Crippen LogP contribution is 2.45. The van der Waals surface area contributed by atoms with E-state index in [1.165, 1.54) is 11.8 Å². The quantitative estimate of drug-likeness (QED) is 0.465. The van der Waals surface area contributed by atoms with Gasteiger partial charge in [0.1, 0.15) is 12.4 Å². The van der Waals surface area contributed by atoms with Gasteiger partial charge in [-0.05, 0) is 49.9 Å². The number of allylic oxidation sites excluding steroid dienone is 1. The Kier molecular flexibility index (Phi) is 6.88. The van der Waals surface area contributed by atoms with Crippen LogP contribution in [0.25, 0.3) is 0 Å². The van der Waals surface area contributed by atoms with Crippen LogP contribution in [0.5, 0.6) is 5.75 Å². The average molecular weight is 431 g/mol. The summed E-state index contributed by atoms with van der Waals surface area (Å²) in [6, 6.07) is 5.95. The molecule has 7 nitrogen and oxygen atoms in total. The summed E-state index contributed by atoms with van der Waals surface area (Å²) < 4.78 is 12.5. The Balaban J connectivity index is 1.85. The van der Waals surface area contributed by atoms with Crippen molar-refractivity contribution in [1.29, 1.82) is 0 Å². The first-order valence-electron chi connectivity index (χ1n) is 9.98. The molecule has 0 radical (unpaired) electrons. The zero-order valence-electron chi connectivity index (χ0n) is 18.3. The Hall–Kier alpha value is -2.32. The lowest BCUT2D eigenvalue weighted by Crippen LogP contribution is -2.52. The van der Waals surface area contributed by atoms with E-state index >= 15 is 0 Å². The van der Waals surface area contributed by atoms with Gasteiger partial charge in [0.2, 0.25) is 5.91 Å². The minimum Gasteiger partial charge on any atom is -0.497 e. The van der Waals surface area contributed by atoms with Crippen molar-refractivity contribution in [3.05, 3.63) is 42.2 Å². The number of hydrogen-bond acceptors (Lipinski definition) is 6. The van der Waals surface area contributed by atoms with E-state index in [1.807, 2.05) is 27.7 Å². The standard InChI is InChI=1S/C22H30N4O3S/c1-7-10-25-19(13-28-5)23-24-21(25)30-14-20(27)26-18-9-8-16(29-6)11-17(18)15(2)12-22(26,3)4/h7-9,11,15H,1,10,12-14H2,2-6H3. The van der Waals surface area contributed by atoms with Gasteiger partial charge in [-0.15, -0.1) is 16.8 Å². The van der Waals surface area contributed by atoms with Crippen LogP contribution < -0.4 is 9.64 Å². The van der Waals surface area contributed by atoms with E-state index in [4.69, 9.17) is 9.47 Å². The Labute approximate surface area is 182 Å². The van der Waals surface area contributed by atoms with Crippen molar-refractivity contribution in [2.24, 2.45) is 0 Å². The van der Waals surface area contributed by atoms with E-state index in [0.717, 1.165) is 29.2 Å². The molecule has 0 spiro atoms. The largest absolute Gasteiger partial charge is 0.497 e. The summed E-state index contributed by atoms with van der Waals surface area (Å²) in [7, 11) is 3.28. The first-order chi connectivity index (χ1) is 14.3. The smallest absolute Gasteiger partial charge is 0.237 e. The van der Waals surface area contributed by atoms with Gasteiger partial charge < -0.3 is 18.9 Å². The molecule has 2 aromatic rings. The molecular formula is C22H30N4O3S. The fourth-order valence-corrected chi connectivity index (χ4v) is 4.99. The number of ether oxygens (including phenoxy) is 2. The molecule has 1 aliphatic heterocycles. The first-order valence-corrected chi connectivity index (χ1v) is 11.0. The molecule has 0 N–H and O–H groups in total. The van der Waals surface area contributed by atoms with Crippen LogP contribution in [0.3, 0.4) is 0 Å². The Bertz CT molecular complexity index is 925. The third-order valence-electron chi connectivity index (χ3n) is 5.37. The van der Waals surface area contributed by atoms with Gasteiger partial charge in [0.25, 0.3) is 0 Å². The number of hydrogen-bond donors (Lipinski definition) is 0. The normalized spacial score (nSPS) is 17.5. The Morgan fingerprint density at radius 3 is 2.80 bits per heavy atom. The summed E-state index contributed by atoms with van der Waals surface area (Å²) in [5.74, 6) is 2.19. The SMILES string of the molecule is C=CCn1c(COC)nnc1SCC(=O)N1c2ccc(OC)cc2C(C)CC1(C)C. The van der Waals surface area contributed by atoms with E-state index in [0.29, 0.717) is 24.2 Å². The van der Waals surface area contributed by atoms with E-state index < -0.39 is 0 Å². The Morgan fingerprint density at radius 1 is 1.37 bits per heavy atom. The molecule has 1 aromatic heterocycles. The summed E-state index contributed by atoms with van der Waals surface area (Å²) in [4.78, 5) is 15.3. The molecule has 0 fully saturated rings. The molecule has 1 atom stereocenters. The second-order valence-corrected chi connectivity index (χ2v) is 9.03. The number of fused-ring (bicyclic) bond motifs is 1. The summed E-state index contributed by atoms with van der Waals surface area (Å²) in [5, 5.41) is 9.12. The van der Waals surface area contributed by atoms with E-state index in [1.54, 1.807) is 20.3 Å². The number of benzene rings is 1. The van der Waals surface area contributed by atoms with Gasteiger partial charge in [-0.3, -0.25) is 4.79 Å². The zero-order valence-corrected chi connectivity index (χ0v) is 19.2. The van der Waals surface area contributed by atoms with Gasteiger partial charge in [-0.1, -0.05) is 24.8 Å². The van der Waals surface area contributed by atoms with Crippen molar-refractivity contribution < 1.29 is 14.3 Å². The lowest BCUT2D eigenvalue weighted by Gasteiger charge is -2.46.